The Bertz CT molecular complexity index is 461. The molecule has 1 saturated heterocycles. The smallest absolute Gasteiger partial charge is 0.243 e. The number of benzene rings is 1. The Morgan fingerprint density at radius 2 is 2.11 bits per heavy atom. The van der Waals surface area contributed by atoms with Gasteiger partial charge in [-0.1, -0.05) is 13.0 Å². The molecule has 2 atom stereocenters. The van der Waals surface area contributed by atoms with Crippen LogP contribution in [0.5, 0.6) is 0 Å². The molecule has 0 aliphatic carbocycles. The first-order valence-electron chi connectivity index (χ1n) is 6.30. The van der Waals surface area contributed by atoms with Crippen LogP contribution in [-0.4, -0.2) is 25.0 Å². The molecule has 0 radical (unpaired) electrons. The van der Waals surface area contributed by atoms with Gasteiger partial charge in [-0.25, -0.2) is 0 Å². The molecule has 1 amide bonds. The summed E-state index contributed by atoms with van der Waals surface area (Å²) in [5.74, 6) is 0.594. The number of nitrogens with zero attached hydrogens (tertiary/aromatic N) is 1. The molecule has 0 saturated carbocycles. The quantitative estimate of drug-likeness (QED) is 0.865. The third-order valence-corrected chi connectivity index (χ3v) is 3.93. The van der Waals surface area contributed by atoms with Crippen LogP contribution >= 0.6 is 15.9 Å². The number of carbonyl (C=O) groups excluding carboxylic acids is 1. The summed E-state index contributed by atoms with van der Waals surface area (Å²) in [6.45, 7) is 7.78. The number of carbonyl (C=O) groups is 1. The lowest BCUT2D eigenvalue weighted by molar-refractivity contribution is -0.119. The van der Waals surface area contributed by atoms with Crippen molar-refractivity contribution in [2.75, 3.05) is 18.0 Å². The van der Waals surface area contributed by atoms with Crippen LogP contribution in [0.3, 0.4) is 0 Å². The number of rotatable bonds is 1. The molecule has 0 spiro atoms. The Hall–Kier alpha value is -0.870. The van der Waals surface area contributed by atoms with Crippen molar-refractivity contribution in [3.05, 3.63) is 28.2 Å². The normalized spacial score (nSPS) is 25.1. The molecule has 1 fully saturated rings. The SMILES string of the molecule is Cc1ccc(N2CC(C)CNC(C)C2=O)c(Br)c1. The molecule has 18 heavy (non-hydrogen) atoms. The Labute approximate surface area is 117 Å². The lowest BCUT2D eigenvalue weighted by Crippen LogP contribution is -2.42. The topological polar surface area (TPSA) is 32.3 Å². The molecular formula is C14H19BrN2O. The molecule has 0 bridgehead atoms. The van der Waals surface area contributed by atoms with Gasteiger partial charge in [0, 0.05) is 17.6 Å². The summed E-state index contributed by atoms with van der Waals surface area (Å²) in [4.78, 5) is 14.3. The van der Waals surface area contributed by atoms with Crippen LogP contribution in [0.15, 0.2) is 22.7 Å². The standard InChI is InChI=1S/C14H19BrN2O/c1-9-4-5-13(12(15)6-9)17-8-10(2)7-16-11(3)14(17)18/h4-6,10-11,16H,7-8H2,1-3H3. The van der Waals surface area contributed by atoms with Gasteiger partial charge in [-0.3, -0.25) is 4.79 Å². The molecule has 1 aliphatic rings. The molecule has 1 heterocycles. The van der Waals surface area contributed by atoms with Gasteiger partial charge in [-0.05, 0) is 53.4 Å². The van der Waals surface area contributed by atoms with E-state index in [-0.39, 0.29) is 11.9 Å². The molecule has 0 aromatic heterocycles. The highest BCUT2D eigenvalue weighted by Gasteiger charge is 2.28. The zero-order valence-corrected chi connectivity index (χ0v) is 12.6. The zero-order chi connectivity index (χ0) is 13.3. The van der Waals surface area contributed by atoms with E-state index in [1.165, 1.54) is 5.56 Å². The largest absolute Gasteiger partial charge is 0.310 e. The van der Waals surface area contributed by atoms with E-state index in [1.54, 1.807) is 0 Å². The van der Waals surface area contributed by atoms with Gasteiger partial charge in [0.25, 0.3) is 0 Å². The fraction of sp³-hybridized carbons (Fsp3) is 0.500. The Kier molecular flexibility index (Phi) is 4.07. The van der Waals surface area contributed by atoms with Crippen molar-refractivity contribution in [2.24, 2.45) is 5.92 Å². The number of aryl methyl sites for hydroxylation is 1. The average molecular weight is 311 g/mol. The summed E-state index contributed by atoms with van der Waals surface area (Å²) in [6.07, 6.45) is 0. The maximum atomic E-state index is 12.4. The highest BCUT2D eigenvalue weighted by atomic mass is 79.9. The fourth-order valence-electron chi connectivity index (χ4n) is 2.21. The van der Waals surface area contributed by atoms with Gasteiger partial charge in [0.05, 0.1) is 11.7 Å². The molecule has 98 valence electrons. The van der Waals surface area contributed by atoms with E-state index < -0.39 is 0 Å². The van der Waals surface area contributed by atoms with Crippen LogP contribution < -0.4 is 10.2 Å². The Balaban J connectivity index is 2.36. The second-order valence-corrected chi connectivity index (χ2v) is 5.99. The van der Waals surface area contributed by atoms with Crippen molar-refractivity contribution in [2.45, 2.75) is 26.8 Å². The van der Waals surface area contributed by atoms with E-state index in [9.17, 15) is 4.79 Å². The summed E-state index contributed by atoms with van der Waals surface area (Å²) in [6, 6.07) is 5.99. The van der Waals surface area contributed by atoms with E-state index in [2.05, 4.69) is 34.2 Å². The number of hydrogen-bond acceptors (Lipinski definition) is 2. The maximum Gasteiger partial charge on any atom is 0.243 e. The predicted octanol–water partition coefficient (Wildman–Crippen LogP) is 2.72. The average Bonchev–Trinajstić information content (AvgIpc) is 2.43. The second-order valence-electron chi connectivity index (χ2n) is 5.14. The van der Waals surface area contributed by atoms with Gasteiger partial charge in [0.15, 0.2) is 0 Å². The van der Waals surface area contributed by atoms with Crippen LogP contribution in [0, 0.1) is 12.8 Å². The summed E-state index contributed by atoms with van der Waals surface area (Å²) >= 11 is 3.56. The third-order valence-electron chi connectivity index (χ3n) is 3.30. The minimum atomic E-state index is -0.122. The first kappa shape index (κ1) is 13.6. The van der Waals surface area contributed by atoms with Crippen molar-refractivity contribution < 1.29 is 4.79 Å². The van der Waals surface area contributed by atoms with E-state index in [0.29, 0.717) is 5.92 Å². The van der Waals surface area contributed by atoms with E-state index in [4.69, 9.17) is 0 Å². The fourth-order valence-corrected chi connectivity index (χ4v) is 2.92. The molecule has 1 aliphatic heterocycles. The summed E-state index contributed by atoms with van der Waals surface area (Å²) in [7, 11) is 0. The van der Waals surface area contributed by atoms with Crippen molar-refractivity contribution in [3.8, 4) is 0 Å². The highest BCUT2D eigenvalue weighted by Crippen LogP contribution is 2.29. The van der Waals surface area contributed by atoms with Gasteiger partial charge in [-0.15, -0.1) is 0 Å². The van der Waals surface area contributed by atoms with Crippen molar-refractivity contribution in [3.63, 3.8) is 0 Å². The van der Waals surface area contributed by atoms with Gasteiger partial charge in [0.2, 0.25) is 5.91 Å². The van der Waals surface area contributed by atoms with Crippen molar-refractivity contribution in [1.82, 2.24) is 5.32 Å². The minimum Gasteiger partial charge on any atom is -0.310 e. The Morgan fingerprint density at radius 1 is 1.39 bits per heavy atom. The van der Waals surface area contributed by atoms with Gasteiger partial charge < -0.3 is 10.2 Å². The molecular weight excluding hydrogens is 292 g/mol. The molecule has 2 unspecified atom stereocenters. The second kappa shape index (κ2) is 5.41. The molecule has 3 nitrogen and oxygen atoms in total. The van der Waals surface area contributed by atoms with E-state index in [0.717, 1.165) is 23.2 Å². The lowest BCUT2D eigenvalue weighted by atomic mass is 10.1. The van der Waals surface area contributed by atoms with E-state index >= 15 is 0 Å². The van der Waals surface area contributed by atoms with Crippen LogP contribution in [0.4, 0.5) is 5.69 Å². The number of halogens is 1. The maximum absolute atomic E-state index is 12.4. The third kappa shape index (κ3) is 2.75. The van der Waals surface area contributed by atoms with Gasteiger partial charge in [-0.2, -0.15) is 0 Å². The molecule has 1 aromatic rings. The summed E-state index contributed by atoms with van der Waals surface area (Å²) in [5, 5.41) is 3.27. The van der Waals surface area contributed by atoms with Crippen LogP contribution in [-0.2, 0) is 4.79 Å². The summed E-state index contributed by atoms with van der Waals surface area (Å²) < 4.78 is 0.983. The minimum absolute atomic E-state index is 0.122. The predicted molar refractivity (Wildman–Crippen MR) is 77.9 cm³/mol. The van der Waals surface area contributed by atoms with Gasteiger partial charge >= 0.3 is 0 Å². The van der Waals surface area contributed by atoms with Crippen LogP contribution in [0.25, 0.3) is 0 Å². The van der Waals surface area contributed by atoms with E-state index in [1.807, 2.05) is 30.9 Å². The van der Waals surface area contributed by atoms with Crippen molar-refractivity contribution in [1.29, 1.82) is 0 Å². The first-order valence-corrected chi connectivity index (χ1v) is 7.09. The number of amides is 1. The molecule has 1 aromatic carbocycles. The lowest BCUT2D eigenvalue weighted by Gasteiger charge is -2.25. The zero-order valence-electron chi connectivity index (χ0n) is 11.0. The highest BCUT2D eigenvalue weighted by molar-refractivity contribution is 9.10. The van der Waals surface area contributed by atoms with Crippen molar-refractivity contribution >= 4 is 27.5 Å². The summed E-state index contributed by atoms with van der Waals surface area (Å²) in [5.41, 5.74) is 2.15. The van der Waals surface area contributed by atoms with Crippen LogP contribution in [0.2, 0.25) is 0 Å². The monoisotopic (exact) mass is 310 g/mol. The number of nitrogens with one attached hydrogen (secondary N) is 1. The Morgan fingerprint density at radius 3 is 2.78 bits per heavy atom. The first-order chi connectivity index (χ1) is 8.49. The van der Waals surface area contributed by atoms with Crippen LogP contribution in [0.1, 0.15) is 19.4 Å². The molecule has 1 N–H and O–H groups in total. The number of anilines is 1. The number of hydrogen-bond donors (Lipinski definition) is 1. The van der Waals surface area contributed by atoms with Gasteiger partial charge in [0.1, 0.15) is 0 Å². The molecule has 2 rings (SSSR count). The molecule has 4 heteroatoms.